The Kier molecular flexibility index (Phi) is 3.61. The van der Waals surface area contributed by atoms with Gasteiger partial charge in [0.2, 0.25) is 0 Å². The molecule has 0 radical (unpaired) electrons. The Morgan fingerprint density at radius 2 is 2.43 bits per heavy atom. The first-order valence-electron chi connectivity index (χ1n) is 1.59. The predicted molar refractivity (Wildman–Crippen MR) is 31.4 cm³/mol. The fourth-order valence-corrected chi connectivity index (χ4v) is 0.548. The molecule has 4 N–H and O–H groups in total. The minimum absolute atomic E-state index is 0. The lowest BCUT2D eigenvalue weighted by atomic mass is 10.7. The van der Waals surface area contributed by atoms with Crippen LogP contribution < -0.4 is 11.4 Å². The van der Waals surface area contributed by atoms with E-state index in [-0.39, 0.29) is 6.15 Å². The van der Waals surface area contributed by atoms with Crippen LogP contribution in [0.1, 0.15) is 0 Å². The Morgan fingerprint density at radius 1 is 1.57 bits per heavy atom. The molecule has 0 amide bonds. The molecule has 0 saturated carbocycles. The minimum Gasteiger partial charge on any atom is -0.408 e. The van der Waals surface area contributed by atoms with Gasteiger partial charge in [0.1, 0.15) is 6.26 Å². The van der Waals surface area contributed by atoms with Gasteiger partial charge in [0.05, 0.1) is 0 Å². The molecule has 0 saturated heterocycles. The Morgan fingerprint density at radius 3 is 2.57 bits per heavy atom. The third-order valence-corrected chi connectivity index (χ3v) is 0.945. The van der Waals surface area contributed by atoms with Gasteiger partial charge in [0, 0.05) is 8.35 Å². The van der Waals surface area contributed by atoms with Crippen molar-refractivity contribution in [1.82, 2.24) is 11.4 Å². The van der Waals surface area contributed by atoms with E-state index >= 15 is 0 Å². The van der Waals surface area contributed by atoms with Gasteiger partial charge in [-0.05, 0) is 11.9 Å². The maximum Gasteiger partial charge on any atom is 0.112 e. The predicted octanol–water partition coefficient (Wildman–Crippen LogP) is 0.860. The Balaban J connectivity index is 0.000000360. The SMILES string of the molecule is C1=CONP=C1.N. The highest BCUT2D eigenvalue weighted by molar-refractivity contribution is 7.36. The van der Waals surface area contributed by atoms with E-state index in [1.54, 1.807) is 6.26 Å². The zero-order valence-electron chi connectivity index (χ0n) is 3.79. The first kappa shape index (κ1) is 6.63. The zero-order valence-corrected chi connectivity index (χ0v) is 4.69. The summed E-state index contributed by atoms with van der Waals surface area (Å²) in [6.45, 7) is 0. The summed E-state index contributed by atoms with van der Waals surface area (Å²) in [4.78, 5) is 4.60. The van der Waals surface area contributed by atoms with Gasteiger partial charge in [-0.15, -0.1) is 5.25 Å². The molecular formula is C3H7N2OP. The van der Waals surface area contributed by atoms with Crippen LogP contribution in [0.3, 0.4) is 0 Å². The van der Waals surface area contributed by atoms with Crippen LogP contribution in [-0.4, -0.2) is 5.80 Å². The quantitative estimate of drug-likeness (QED) is 0.464. The highest BCUT2D eigenvalue weighted by Gasteiger charge is 1.74. The molecule has 1 aliphatic rings. The van der Waals surface area contributed by atoms with Crippen molar-refractivity contribution in [2.24, 2.45) is 0 Å². The highest BCUT2D eigenvalue weighted by atomic mass is 31.1. The van der Waals surface area contributed by atoms with Crippen molar-refractivity contribution in [3.63, 3.8) is 0 Å². The Labute approximate surface area is 43.8 Å². The molecule has 1 aliphatic heterocycles. The zero-order chi connectivity index (χ0) is 4.24. The van der Waals surface area contributed by atoms with Crippen molar-refractivity contribution in [2.75, 3.05) is 0 Å². The third-order valence-electron chi connectivity index (χ3n) is 0.413. The van der Waals surface area contributed by atoms with E-state index in [4.69, 9.17) is 0 Å². The molecule has 0 unspecified atom stereocenters. The summed E-state index contributed by atoms with van der Waals surface area (Å²) in [5, 5.41) is 2.61. The van der Waals surface area contributed by atoms with Crippen molar-refractivity contribution >= 4 is 14.2 Å². The fourth-order valence-electron chi connectivity index (χ4n) is 0.209. The van der Waals surface area contributed by atoms with Crippen LogP contribution in [0.15, 0.2) is 12.3 Å². The molecule has 3 nitrogen and oxygen atoms in total. The number of rotatable bonds is 0. The molecule has 0 aromatic rings. The monoisotopic (exact) mass is 118 g/mol. The van der Waals surface area contributed by atoms with E-state index in [9.17, 15) is 0 Å². The van der Waals surface area contributed by atoms with Gasteiger partial charge in [-0.1, -0.05) is 0 Å². The van der Waals surface area contributed by atoms with E-state index in [1.165, 1.54) is 0 Å². The maximum atomic E-state index is 4.60. The number of hydrogen-bond acceptors (Lipinski definition) is 3. The average molecular weight is 118 g/mol. The Hall–Kier alpha value is -0.370. The summed E-state index contributed by atoms with van der Waals surface area (Å²) in [6, 6.07) is 0. The number of allylic oxidation sites excluding steroid dienone is 1. The van der Waals surface area contributed by atoms with Crippen LogP contribution in [0.5, 0.6) is 0 Å². The van der Waals surface area contributed by atoms with Crippen LogP contribution in [0, 0.1) is 0 Å². The van der Waals surface area contributed by atoms with Gasteiger partial charge >= 0.3 is 0 Å². The van der Waals surface area contributed by atoms with Crippen LogP contribution in [0.2, 0.25) is 0 Å². The molecule has 0 aromatic carbocycles. The van der Waals surface area contributed by atoms with Gasteiger partial charge in [-0.3, -0.25) is 0 Å². The summed E-state index contributed by atoms with van der Waals surface area (Å²) in [5.41, 5.74) is 0. The molecule has 4 heteroatoms. The lowest BCUT2D eigenvalue weighted by Gasteiger charge is -1.94. The lowest BCUT2D eigenvalue weighted by molar-refractivity contribution is 0.212. The number of hydrogen-bond donors (Lipinski definition) is 2. The first-order valence-corrected chi connectivity index (χ1v) is 2.55. The summed E-state index contributed by atoms with van der Waals surface area (Å²) in [7, 11) is 1.01. The van der Waals surface area contributed by atoms with E-state index in [1.807, 2.05) is 11.9 Å². The van der Waals surface area contributed by atoms with Gasteiger partial charge < -0.3 is 11.0 Å². The third kappa shape index (κ3) is 2.34. The van der Waals surface area contributed by atoms with E-state index in [0.29, 0.717) is 0 Å². The van der Waals surface area contributed by atoms with Crippen molar-refractivity contribution in [3.8, 4) is 0 Å². The largest absolute Gasteiger partial charge is 0.408 e. The second-order valence-corrected chi connectivity index (χ2v) is 1.55. The van der Waals surface area contributed by atoms with Crippen molar-refractivity contribution in [2.45, 2.75) is 0 Å². The molecule has 7 heavy (non-hydrogen) atoms. The summed E-state index contributed by atoms with van der Waals surface area (Å²) >= 11 is 0. The Bertz CT molecular complexity index is 78.9. The van der Waals surface area contributed by atoms with Gasteiger partial charge in [0.25, 0.3) is 0 Å². The summed E-state index contributed by atoms with van der Waals surface area (Å²) < 4.78 is 0. The molecule has 0 spiro atoms. The van der Waals surface area contributed by atoms with E-state index in [0.717, 1.165) is 8.35 Å². The fraction of sp³-hybridized carbons (Fsp3) is 0. The molecular weight excluding hydrogens is 111 g/mol. The van der Waals surface area contributed by atoms with Crippen molar-refractivity contribution in [3.05, 3.63) is 12.3 Å². The standard InChI is InChI=1S/C3H4NOP.H3N/c1-2-5-4-6-3-1;/h1-4H;1H3. The van der Waals surface area contributed by atoms with Crippen LogP contribution in [0.25, 0.3) is 0 Å². The van der Waals surface area contributed by atoms with Gasteiger partial charge in [0.15, 0.2) is 0 Å². The minimum atomic E-state index is 0. The second kappa shape index (κ2) is 3.81. The van der Waals surface area contributed by atoms with Crippen LogP contribution in [-0.2, 0) is 4.84 Å². The van der Waals surface area contributed by atoms with E-state index < -0.39 is 0 Å². The van der Waals surface area contributed by atoms with Gasteiger partial charge in [-0.25, -0.2) is 0 Å². The second-order valence-electron chi connectivity index (χ2n) is 0.816. The average Bonchev–Trinajstić information content (AvgIpc) is 1.72. The van der Waals surface area contributed by atoms with Crippen molar-refractivity contribution < 1.29 is 4.84 Å². The lowest BCUT2D eigenvalue weighted by Crippen LogP contribution is -1.96. The first-order chi connectivity index (χ1) is 3.00. The van der Waals surface area contributed by atoms with E-state index in [2.05, 4.69) is 10.1 Å². The maximum absolute atomic E-state index is 4.60. The topological polar surface area (TPSA) is 56.3 Å². The summed E-state index contributed by atoms with van der Waals surface area (Å²) in [6.07, 6.45) is 3.44. The molecule has 1 rings (SSSR count). The highest BCUT2D eigenvalue weighted by Crippen LogP contribution is 1.90. The smallest absolute Gasteiger partial charge is 0.112 e. The molecule has 0 fully saturated rings. The molecule has 0 aliphatic carbocycles. The molecule has 1 heterocycles. The molecule has 0 atom stereocenters. The number of nitrogens with one attached hydrogen (secondary N) is 1. The van der Waals surface area contributed by atoms with Crippen molar-refractivity contribution in [1.29, 1.82) is 0 Å². The normalized spacial score (nSPS) is 17.1. The van der Waals surface area contributed by atoms with Gasteiger partial charge in [-0.2, -0.15) is 0 Å². The summed E-state index contributed by atoms with van der Waals surface area (Å²) in [5.74, 6) is 1.95. The molecule has 0 bridgehead atoms. The van der Waals surface area contributed by atoms with Crippen LogP contribution in [0.4, 0.5) is 0 Å². The molecule has 40 valence electrons. The van der Waals surface area contributed by atoms with Crippen LogP contribution >= 0.6 is 8.35 Å². The molecule has 0 aromatic heterocycles.